The van der Waals surface area contributed by atoms with E-state index in [2.05, 4.69) is 26.1 Å². The lowest BCUT2D eigenvalue weighted by Crippen LogP contribution is -2.45. The average Bonchev–Trinajstić information content (AvgIpc) is 2.40. The summed E-state index contributed by atoms with van der Waals surface area (Å²) in [7, 11) is -2.71. The van der Waals surface area contributed by atoms with E-state index in [4.69, 9.17) is 17.7 Å². The highest BCUT2D eigenvalue weighted by Crippen LogP contribution is 2.15. The largest absolute Gasteiger partial charge is 0.504 e. The molecule has 0 unspecified atom stereocenters. The van der Waals surface area contributed by atoms with Crippen molar-refractivity contribution in [2.24, 2.45) is 0 Å². The molecule has 0 radical (unpaired) electrons. The minimum atomic E-state index is -2.41. The van der Waals surface area contributed by atoms with Crippen molar-refractivity contribution >= 4 is 18.6 Å². The van der Waals surface area contributed by atoms with Crippen LogP contribution in [0.5, 0.6) is 0 Å². The van der Waals surface area contributed by atoms with E-state index >= 15 is 0 Å². The van der Waals surface area contributed by atoms with Gasteiger partial charge in [0.25, 0.3) is 0 Å². The summed E-state index contributed by atoms with van der Waals surface area (Å²) in [5.74, 6) is 0. The van der Waals surface area contributed by atoms with Crippen LogP contribution in [-0.4, -0.2) is 45.0 Å². The Hall–Kier alpha value is -0.246. The second-order valence-corrected chi connectivity index (χ2v) is 8.21. The number of hydrogen-bond donors (Lipinski definition) is 0. The summed E-state index contributed by atoms with van der Waals surface area (Å²) >= 11 is 0. The molecule has 0 bridgehead atoms. The van der Waals surface area contributed by atoms with E-state index in [1.54, 1.807) is 6.08 Å². The summed E-state index contributed by atoms with van der Waals surface area (Å²) in [6, 6.07) is 0.683. The van der Waals surface area contributed by atoms with Crippen LogP contribution in [0.15, 0.2) is 23.9 Å². The molecular formula is C15H34O4Si2. The van der Waals surface area contributed by atoms with Gasteiger partial charge in [-0.15, -0.1) is 6.58 Å². The van der Waals surface area contributed by atoms with E-state index in [1.807, 2.05) is 27.7 Å². The lowest BCUT2D eigenvalue weighted by atomic mass is 10.4. The number of rotatable bonds is 11. The SMILES string of the molecule is C=CC[Si](OCC)(OCC)OCC.CCO[SiH2]C=C(C)C. The fourth-order valence-electron chi connectivity index (χ4n) is 1.48. The first-order valence-electron chi connectivity index (χ1n) is 7.75. The van der Waals surface area contributed by atoms with Crippen LogP contribution in [0.2, 0.25) is 6.04 Å². The Morgan fingerprint density at radius 1 is 0.952 bits per heavy atom. The summed E-state index contributed by atoms with van der Waals surface area (Å²) in [6.07, 6.45) is 1.80. The van der Waals surface area contributed by atoms with Crippen molar-refractivity contribution in [2.75, 3.05) is 26.4 Å². The van der Waals surface area contributed by atoms with E-state index in [0.29, 0.717) is 25.9 Å². The molecule has 0 saturated heterocycles. The molecule has 0 heterocycles. The minimum Gasteiger partial charge on any atom is -0.419 e. The first-order chi connectivity index (χ1) is 10.0. The molecule has 0 aromatic rings. The zero-order valence-corrected chi connectivity index (χ0v) is 17.2. The molecule has 4 nitrogen and oxygen atoms in total. The molecule has 0 aliphatic rings. The van der Waals surface area contributed by atoms with Crippen molar-refractivity contribution in [1.29, 1.82) is 0 Å². The van der Waals surface area contributed by atoms with Crippen LogP contribution in [0.4, 0.5) is 0 Å². The van der Waals surface area contributed by atoms with Crippen LogP contribution in [0, 0.1) is 0 Å². The molecule has 6 heteroatoms. The summed E-state index contributed by atoms with van der Waals surface area (Å²) in [4.78, 5) is 0. The topological polar surface area (TPSA) is 36.9 Å². The highest BCUT2D eigenvalue weighted by molar-refractivity contribution is 6.61. The van der Waals surface area contributed by atoms with Gasteiger partial charge >= 0.3 is 8.80 Å². The highest BCUT2D eigenvalue weighted by Gasteiger charge is 2.38. The van der Waals surface area contributed by atoms with Crippen LogP contribution in [-0.2, 0) is 17.7 Å². The number of allylic oxidation sites excluding steroid dienone is 2. The molecule has 0 atom stereocenters. The minimum absolute atomic E-state index is 0.298. The van der Waals surface area contributed by atoms with Crippen LogP contribution in [0.3, 0.4) is 0 Å². The van der Waals surface area contributed by atoms with Crippen molar-refractivity contribution in [3.8, 4) is 0 Å². The smallest absolute Gasteiger partial charge is 0.419 e. The fourth-order valence-corrected chi connectivity index (χ4v) is 4.45. The molecular weight excluding hydrogens is 300 g/mol. The van der Waals surface area contributed by atoms with Crippen molar-refractivity contribution < 1.29 is 17.7 Å². The molecule has 0 aromatic carbocycles. The normalized spacial score (nSPS) is 11.1. The van der Waals surface area contributed by atoms with E-state index in [9.17, 15) is 0 Å². The Morgan fingerprint density at radius 3 is 1.71 bits per heavy atom. The lowest BCUT2D eigenvalue weighted by molar-refractivity contribution is 0.0743. The summed E-state index contributed by atoms with van der Waals surface area (Å²) in [5, 5.41) is 0. The molecule has 0 N–H and O–H groups in total. The third-order valence-corrected chi connectivity index (χ3v) is 6.90. The van der Waals surface area contributed by atoms with Crippen molar-refractivity contribution in [2.45, 2.75) is 47.6 Å². The molecule has 0 amide bonds. The molecule has 0 spiro atoms. The Labute approximate surface area is 134 Å². The Balaban J connectivity index is 0. The quantitative estimate of drug-likeness (QED) is 0.330. The van der Waals surface area contributed by atoms with E-state index < -0.39 is 8.80 Å². The van der Waals surface area contributed by atoms with Gasteiger partial charge in [-0.1, -0.05) is 17.3 Å². The average molecular weight is 335 g/mol. The molecule has 126 valence electrons. The molecule has 0 aromatic heterocycles. The Bertz CT molecular complexity index is 249. The van der Waals surface area contributed by atoms with Gasteiger partial charge in [0, 0.05) is 32.5 Å². The van der Waals surface area contributed by atoms with E-state index in [-0.39, 0.29) is 9.76 Å². The molecule has 0 fully saturated rings. The molecule has 0 rings (SSSR count). The van der Waals surface area contributed by atoms with Gasteiger partial charge in [0.05, 0.1) is 0 Å². The van der Waals surface area contributed by atoms with Crippen molar-refractivity contribution in [3.05, 3.63) is 23.9 Å². The second-order valence-electron chi connectivity index (χ2n) is 4.42. The number of hydrogen-bond acceptors (Lipinski definition) is 4. The third-order valence-electron chi connectivity index (χ3n) is 2.30. The zero-order valence-electron chi connectivity index (χ0n) is 14.7. The summed E-state index contributed by atoms with van der Waals surface area (Å²) < 4.78 is 21.9. The van der Waals surface area contributed by atoms with Gasteiger partial charge in [0.1, 0.15) is 0 Å². The fraction of sp³-hybridized carbons (Fsp3) is 0.733. The predicted octanol–water partition coefficient (Wildman–Crippen LogP) is 3.25. The first kappa shape index (κ1) is 23.0. The van der Waals surface area contributed by atoms with Crippen LogP contribution >= 0.6 is 0 Å². The second kappa shape index (κ2) is 16.1. The monoisotopic (exact) mass is 334 g/mol. The molecule has 0 aliphatic heterocycles. The molecule has 0 saturated carbocycles. The Kier molecular flexibility index (Phi) is 17.7. The highest BCUT2D eigenvalue weighted by atomic mass is 28.4. The predicted molar refractivity (Wildman–Crippen MR) is 95.2 cm³/mol. The van der Waals surface area contributed by atoms with E-state index in [1.165, 1.54) is 5.57 Å². The van der Waals surface area contributed by atoms with Crippen LogP contribution in [0.25, 0.3) is 0 Å². The first-order valence-corrected chi connectivity index (χ1v) is 11.1. The molecule has 21 heavy (non-hydrogen) atoms. The van der Waals surface area contributed by atoms with Crippen molar-refractivity contribution in [3.63, 3.8) is 0 Å². The third kappa shape index (κ3) is 14.5. The molecule has 0 aliphatic carbocycles. The van der Waals surface area contributed by atoms with Gasteiger partial charge in [-0.25, -0.2) is 0 Å². The van der Waals surface area contributed by atoms with Gasteiger partial charge < -0.3 is 17.7 Å². The van der Waals surface area contributed by atoms with Gasteiger partial charge in [0.2, 0.25) is 0 Å². The summed E-state index contributed by atoms with van der Waals surface area (Å²) in [5.41, 5.74) is 3.59. The zero-order chi connectivity index (χ0) is 16.6. The van der Waals surface area contributed by atoms with Gasteiger partial charge in [-0.05, 0) is 41.5 Å². The van der Waals surface area contributed by atoms with Crippen molar-refractivity contribution in [1.82, 2.24) is 0 Å². The van der Waals surface area contributed by atoms with Crippen LogP contribution in [0.1, 0.15) is 41.5 Å². The standard InChI is InChI=1S/C9H20O3Si.C6H14OSi/c1-5-9-13(10-6-2,11-7-3)12-8-4;1-4-7-8-5-6(2)3/h5H,1,6-9H2,2-4H3;5H,4,8H2,1-3H3. The van der Waals surface area contributed by atoms with Crippen LogP contribution < -0.4 is 0 Å². The van der Waals surface area contributed by atoms with Gasteiger partial charge in [-0.3, -0.25) is 0 Å². The lowest BCUT2D eigenvalue weighted by Gasteiger charge is -2.27. The maximum atomic E-state index is 5.57. The summed E-state index contributed by atoms with van der Waals surface area (Å²) in [6.45, 7) is 18.5. The van der Waals surface area contributed by atoms with E-state index in [0.717, 1.165) is 6.61 Å². The Morgan fingerprint density at radius 2 is 1.43 bits per heavy atom. The maximum absolute atomic E-state index is 5.57. The van der Waals surface area contributed by atoms with Gasteiger partial charge in [-0.2, -0.15) is 0 Å². The maximum Gasteiger partial charge on any atom is 0.504 e. The van der Waals surface area contributed by atoms with Gasteiger partial charge in [0.15, 0.2) is 9.76 Å².